The predicted molar refractivity (Wildman–Crippen MR) is 71.8 cm³/mol. The maximum Gasteiger partial charge on any atom is 0.338 e. The van der Waals surface area contributed by atoms with Crippen molar-refractivity contribution >= 4 is 11.9 Å². The van der Waals surface area contributed by atoms with Crippen molar-refractivity contribution in [3.63, 3.8) is 0 Å². The Morgan fingerprint density at radius 3 is 2.21 bits per heavy atom. The number of esters is 2. The molecule has 19 heavy (non-hydrogen) atoms. The molecule has 104 valence electrons. The van der Waals surface area contributed by atoms with Crippen LogP contribution in [0.4, 0.5) is 0 Å². The minimum atomic E-state index is -0.497. The Morgan fingerprint density at radius 1 is 1.05 bits per heavy atom. The summed E-state index contributed by atoms with van der Waals surface area (Å²) in [4.78, 5) is 23.2. The molecule has 1 aromatic rings. The molecule has 0 atom stereocenters. The molecule has 0 aliphatic heterocycles. The zero-order valence-corrected chi connectivity index (χ0v) is 11.6. The molecule has 0 amide bonds. The van der Waals surface area contributed by atoms with E-state index < -0.39 is 11.4 Å². The van der Waals surface area contributed by atoms with Gasteiger partial charge in [-0.1, -0.05) is 25.1 Å². The van der Waals surface area contributed by atoms with E-state index in [9.17, 15) is 9.59 Å². The first-order valence-electron chi connectivity index (χ1n) is 6.37. The summed E-state index contributed by atoms with van der Waals surface area (Å²) in [5.41, 5.74) is -0.00796. The van der Waals surface area contributed by atoms with Crippen LogP contribution in [-0.4, -0.2) is 25.2 Å². The Bertz CT molecular complexity index is 423. The average Bonchev–Trinajstić information content (AvgIpc) is 2.43. The number of carbonyl (C=O) groups excluding carboxylic acids is 2. The highest BCUT2D eigenvalue weighted by Gasteiger charge is 2.26. The Labute approximate surface area is 113 Å². The molecular weight excluding hydrogens is 244 g/mol. The number of rotatable bonds is 6. The summed E-state index contributed by atoms with van der Waals surface area (Å²) >= 11 is 0. The van der Waals surface area contributed by atoms with Gasteiger partial charge in [0.2, 0.25) is 0 Å². The van der Waals surface area contributed by atoms with Gasteiger partial charge in [-0.15, -0.1) is 0 Å². The van der Waals surface area contributed by atoms with Gasteiger partial charge in [0, 0.05) is 0 Å². The van der Waals surface area contributed by atoms with Gasteiger partial charge in [-0.3, -0.25) is 4.79 Å². The molecule has 4 nitrogen and oxygen atoms in total. The lowest BCUT2D eigenvalue weighted by atomic mass is 9.91. The molecule has 0 aromatic heterocycles. The van der Waals surface area contributed by atoms with Gasteiger partial charge in [0.05, 0.1) is 11.0 Å². The third-order valence-electron chi connectivity index (χ3n) is 3.00. The fourth-order valence-corrected chi connectivity index (χ4v) is 1.27. The van der Waals surface area contributed by atoms with Crippen LogP contribution >= 0.6 is 0 Å². The average molecular weight is 264 g/mol. The second-order valence-corrected chi connectivity index (χ2v) is 4.88. The third kappa shape index (κ3) is 4.73. The Kier molecular flexibility index (Phi) is 5.55. The van der Waals surface area contributed by atoms with E-state index in [1.807, 2.05) is 26.8 Å². The maximum absolute atomic E-state index is 11.6. The van der Waals surface area contributed by atoms with Crippen molar-refractivity contribution in [2.45, 2.75) is 27.2 Å². The predicted octanol–water partition coefficient (Wildman–Crippen LogP) is 2.82. The Balaban J connectivity index is 2.29. The van der Waals surface area contributed by atoms with Crippen LogP contribution in [-0.2, 0) is 14.3 Å². The molecule has 4 heteroatoms. The molecular formula is C15H20O4. The van der Waals surface area contributed by atoms with Gasteiger partial charge in [0.25, 0.3) is 0 Å². The molecule has 0 fully saturated rings. The summed E-state index contributed by atoms with van der Waals surface area (Å²) in [5.74, 6) is -0.683. The number of hydrogen-bond acceptors (Lipinski definition) is 4. The van der Waals surface area contributed by atoms with E-state index in [1.165, 1.54) is 0 Å². The summed E-state index contributed by atoms with van der Waals surface area (Å²) in [6, 6.07) is 8.70. The standard InChI is InChI=1S/C15H20O4/c1-4-15(2,3)14(17)19-11-10-18-13(16)12-8-6-5-7-9-12/h5-9H,4,10-11H2,1-3H3. The zero-order valence-electron chi connectivity index (χ0n) is 11.6. The quantitative estimate of drug-likeness (QED) is 0.585. The van der Waals surface area contributed by atoms with Crippen molar-refractivity contribution in [3.8, 4) is 0 Å². The minimum Gasteiger partial charge on any atom is -0.462 e. The number of benzene rings is 1. The van der Waals surface area contributed by atoms with Crippen LogP contribution in [0.3, 0.4) is 0 Å². The Hall–Kier alpha value is -1.84. The largest absolute Gasteiger partial charge is 0.462 e. The molecule has 0 radical (unpaired) electrons. The summed E-state index contributed by atoms with van der Waals surface area (Å²) < 4.78 is 10.1. The molecule has 0 spiro atoms. The molecule has 1 rings (SSSR count). The first-order valence-corrected chi connectivity index (χ1v) is 6.37. The summed E-state index contributed by atoms with van der Waals surface area (Å²) in [6.45, 7) is 5.73. The van der Waals surface area contributed by atoms with Crippen LogP contribution in [0.15, 0.2) is 30.3 Å². The van der Waals surface area contributed by atoms with Crippen LogP contribution in [0.5, 0.6) is 0 Å². The van der Waals surface area contributed by atoms with E-state index >= 15 is 0 Å². The molecule has 0 aliphatic carbocycles. The van der Waals surface area contributed by atoms with Crippen LogP contribution in [0.25, 0.3) is 0 Å². The van der Waals surface area contributed by atoms with Crippen molar-refractivity contribution in [1.82, 2.24) is 0 Å². The van der Waals surface area contributed by atoms with Gasteiger partial charge in [-0.25, -0.2) is 4.79 Å². The van der Waals surface area contributed by atoms with Crippen molar-refractivity contribution in [2.75, 3.05) is 13.2 Å². The highest BCUT2D eigenvalue weighted by molar-refractivity contribution is 5.89. The van der Waals surface area contributed by atoms with E-state index in [0.717, 1.165) is 0 Å². The van der Waals surface area contributed by atoms with Gasteiger partial charge in [-0.05, 0) is 32.4 Å². The molecule has 0 aliphatic rings. The van der Waals surface area contributed by atoms with Gasteiger partial charge >= 0.3 is 11.9 Å². The second-order valence-electron chi connectivity index (χ2n) is 4.88. The van der Waals surface area contributed by atoms with Crippen molar-refractivity contribution in [2.24, 2.45) is 5.41 Å². The Morgan fingerprint density at radius 2 is 1.63 bits per heavy atom. The fraction of sp³-hybridized carbons (Fsp3) is 0.467. The molecule has 0 saturated heterocycles. The SMILES string of the molecule is CCC(C)(C)C(=O)OCCOC(=O)c1ccccc1. The number of hydrogen-bond donors (Lipinski definition) is 0. The van der Waals surface area contributed by atoms with E-state index in [-0.39, 0.29) is 19.2 Å². The number of carbonyl (C=O) groups is 2. The molecule has 0 saturated carbocycles. The highest BCUT2D eigenvalue weighted by atomic mass is 16.6. The molecule has 0 unspecified atom stereocenters. The first kappa shape index (κ1) is 15.2. The fourth-order valence-electron chi connectivity index (χ4n) is 1.27. The minimum absolute atomic E-state index is 0.0687. The highest BCUT2D eigenvalue weighted by Crippen LogP contribution is 2.21. The van der Waals surface area contributed by atoms with Crippen LogP contribution in [0, 0.1) is 5.41 Å². The van der Waals surface area contributed by atoms with Gasteiger partial charge in [-0.2, -0.15) is 0 Å². The lowest BCUT2D eigenvalue weighted by Crippen LogP contribution is -2.27. The second kappa shape index (κ2) is 6.92. The first-order chi connectivity index (χ1) is 8.97. The molecule has 0 bridgehead atoms. The van der Waals surface area contributed by atoms with Crippen molar-refractivity contribution < 1.29 is 19.1 Å². The summed E-state index contributed by atoms with van der Waals surface area (Å²) in [6.07, 6.45) is 0.704. The van der Waals surface area contributed by atoms with Crippen molar-refractivity contribution in [3.05, 3.63) is 35.9 Å². The molecule has 0 N–H and O–H groups in total. The van der Waals surface area contributed by atoms with E-state index in [1.54, 1.807) is 24.3 Å². The van der Waals surface area contributed by atoms with Crippen LogP contribution in [0.1, 0.15) is 37.6 Å². The lowest BCUT2D eigenvalue weighted by molar-refractivity contribution is -0.155. The van der Waals surface area contributed by atoms with E-state index in [2.05, 4.69) is 0 Å². The van der Waals surface area contributed by atoms with Gasteiger partial charge in [0.15, 0.2) is 0 Å². The topological polar surface area (TPSA) is 52.6 Å². The zero-order chi connectivity index (χ0) is 14.3. The summed E-state index contributed by atoms with van der Waals surface area (Å²) in [5, 5.41) is 0. The normalized spacial score (nSPS) is 10.9. The third-order valence-corrected chi connectivity index (χ3v) is 3.00. The monoisotopic (exact) mass is 264 g/mol. The van der Waals surface area contributed by atoms with Gasteiger partial charge < -0.3 is 9.47 Å². The van der Waals surface area contributed by atoms with Crippen molar-refractivity contribution in [1.29, 1.82) is 0 Å². The summed E-state index contributed by atoms with van der Waals surface area (Å²) in [7, 11) is 0. The number of ether oxygens (including phenoxy) is 2. The van der Waals surface area contributed by atoms with E-state index in [4.69, 9.17) is 9.47 Å². The molecule has 0 heterocycles. The smallest absolute Gasteiger partial charge is 0.338 e. The van der Waals surface area contributed by atoms with E-state index in [0.29, 0.717) is 12.0 Å². The van der Waals surface area contributed by atoms with Gasteiger partial charge in [0.1, 0.15) is 13.2 Å². The lowest BCUT2D eigenvalue weighted by Gasteiger charge is -2.20. The van der Waals surface area contributed by atoms with Crippen LogP contribution in [0.2, 0.25) is 0 Å². The molecule has 1 aromatic carbocycles. The maximum atomic E-state index is 11.6. The van der Waals surface area contributed by atoms with Crippen LogP contribution < -0.4 is 0 Å².